The van der Waals surface area contributed by atoms with E-state index in [9.17, 15) is 10.5 Å². The zero-order valence-electron chi connectivity index (χ0n) is 12.0. The molecule has 0 saturated heterocycles. The standard InChI is InChI=1S/C15H9N5OS2/c1-9-18-12(8-22-9)5-13-19-20-15(21-13)23-14-10(6-16)3-2-4-11(14)7-17/h2-4,8H,5H2,1H3. The first-order valence-electron chi connectivity index (χ1n) is 6.54. The minimum atomic E-state index is 0.297. The molecule has 3 aromatic rings. The minimum Gasteiger partial charge on any atom is -0.415 e. The molecule has 0 atom stereocenters. The van der Waals surface area contributed by atoms with Gasteiger partial charge in [-0.3, -0.25) is 0 Å². The summed E-state index contributed by atoms with van der Waals surface area (Å²) in [6.07, 6.45) is 0.461. The van der Waals surface area contributed by atoms with Gasteiger partial charge in [-0.05, 0) is 30.8 Å². The summed E-state index contributed by atoms with van der Waals surface area (Å²) < 4.78 is 5.59. The number of aryl methyl sites for hydroxylation is 1. The van der Waals surface area contributed by atoms with Gasteiger partial charge in [-0.15, -0.1) is 21.5 Å². The first-order valence-corrected chi connectivity index (χ1v) is 8.23. The number of nitrogens with zero attached hydrogens (tertiary/aromatic N) is 5. The van der Waals surface area contributed by atoms with Crippen LogP contribution < -0.4 is 0 Å². The molecule has 0 aliphatic carbocycles. The van der Waals surface area contributed by atoms with Crippen molar-refractivity contribution in [3.8, 4) is 12.1 Å². The molecule has 2 heterocycles. The lowest BCUT2D eigenvalue weighted by Gasteiger charge is -2.01. The predicted molar refractivity (Wildman–Crippen MR) is 84.0 cm³/mol. The first kappa shape index (κ1) is 15.2. The van der Waals surface area contributed by atoms with Crippen molar-refractivity contribution in [2.75, 3.05) is 0 Å². The van der Waals surface area contributed by atoms with Gasteiger partial charge in [0.1, 0.15) is 12.1 Å². The lowest BCUT2D eigenvalue weighted by atomic mass is 10.1. The Kier molecular flexibility index (Phi) is 4.38. The van der Waals surface area contributed by atoms with Crippen molar-refractivity contribution in [3.05, 3.63) is 51.3 Å². The zero-order valence-corrected chi connectivity index (χ0v) is 13.6. The van der Waals surface area contributed by atoms with Crippen LogP contribution in [0.1, 0.15) is 27.7 Å². The van der Waals surface area contributed by atoms with E-state index in [1.54, 1.807) is 29.5 Å². The van der Waals surface area contributed by atoms with Crippen LogP contribution in [0.25, 0.3) is 0 Å². The highest BCUT2D eigenvalue weighted by atomic mass is 32.2. The largest absolute Gasteiger partial charge is 0.415 e. The van der Waals surface area contributed by atoms with Crippen LogP contribution in [0.15, 0.2) is 38.1 Å². The Bertz CT molecular complexity index is 900. The van der Waals surface area contributed by atoms with Crippen LogP contribution in [-0.4, -0.2) is 15.2 Å². The van der Waals surface area contributed by atoms with E-state index in [2.05, 4.69) is 27.3 Å². The Morgan fingerprint density at radius 2 is 1.96 bits per heavy atom. The van der Waals surface area contributed by atoms with Gasteiger partial charge in [0, 0.05) is 5.38 Å². The summed E-state index contributed by atoms with van der Waals surface area (Å²) in [6.45, 7) is 1.94. The molecule has 0 bridgehead atoms. The summed E-state index contributed by atoms with van der Waals surface area (Å²) in [5, 5.41) is 29.5. The minimum absolute atomic E-state index is 0.297. The summed E-state index contributed by atoms with van der Waals surface area (Å²) in [4.78, 5) is 4.88. The van der Waals surface area contributed by atoms with E-state index in [-0.39, 0.29) is 0 Å². The fourth-order valence-corrected chi connectivity index (χ4v) is 3.36. The number of nitriles is 2. The molecule has 0 spiro atoms. The number of rotatable bonds is 4. The van der Waals surface area contributed by atoms with Crippen LogP contribution in [0.2, 0.25) is 0 Å². The van der Waals surface area contributed by atoms with E-state index >= 15 is 0 Å². The molecule has 0 radical (unpaired) electrons. The van der Waals surface area contributed by atoms with Gasteiger partial charge in [0.15, 0.2) is 0 Å². The topological polar surface area (TPSA) is 99.4 Å². The third-order valence-electron chi connectivity index (χ3n) is 2.89. The lowest BCUT2D eigenvalue weighted by Crippen LogP contribution is -1.88. The smallest absolute Gasteiger partial charge is 0.281 e. The van der Waals surface area contributed by atoms with Crippen LogP contribution in [0.4, 0.5) is 0 Å². The molecule has 1 aromatic carbocycles. The van der Waals surface area contributed by atoms with Crippen LogP contribution in [0.5, 0.6) is 0 Å². The fraction of sp³-hybridized carbons (Fsp3) is 0.133. The Morgan fingerprint density at radius 3 is 2.57 bits per heavy atom. The number of thiazole rings is 1. The molecule has 112 valence electrons. The summed E-state index contributed by atoms with van der Waals surface area (Å²) >= 11 is 2.69. The second-order valence-electron chi connectivity index (χ2n) is 4.50. The van der Waals surface area contributed by atoms with Crippen LogP contribution in [0, 0.1) is 29.6 Å². The Morgan fingerprint density at radius 1 is 1.22 bits per heavy atom. The van der Waals surface area contributed by atoms with Gasteiger partial charge in [-0.25, -0.2) is 4.98 Å². The van der Waals surface area contributed by atoms with Gasteiger partial charge in [-0.2, -0.15) is 10.5 Å². The first-order chi connectivity index (χ1) is 11.2. The summed E-state index contributed by atoms with van der Waals surface area (Å²) in [7, 11) is 0. The zero-order chi connectivity index (χ0) is 16.2. The molecule has 6 nitrogen and oxygen atoms in total. The van der Waals surface area contributed by atoms with Crippen LogP contribution in [0.3, 0.4) is 0 Å². The maximum atomic E-state index is 9.17. The molecule has 2 aromatic heterocycles. The number of benzene rings is 1. The summed E-state index contributed by atoms with van der Waals surface area (Å²) in [5.74, 6) is 0.450. The van der Waals surface area contributed by atoms with E-state index < -0.39 is 0 Å². The molecule has 0 amide bonds. The average Bonchev–Trinajstić information content (AvgIpc) is 3.17. The van der Waals surface area contributed by atoms with Crippen molar-refractivity contribution in [1.29, 1.82) is 10.5 Å². The van der Waals surface area contributed by atoms with Gasteiger partial charge in [0.25, 0.3) is 5.22 Å². The molecule has 0 fully saturated rings. The molecule has 0 N–H and O–H groups in total. The highest BCUT2D eigenvalue weighted by Crippen LogP contribution is 2.32. The Hall–Kier alpha value is -2.68. The van der Waals surface area contributed by atoms with Gasteiger partial charge in [0.05, 0.1) is 33.1 Å². The maximum absolute atomic E-state index is 9.17. The van der Waals surface area contributed by atoms with Gasteiger partial charge in [-0.1, -0.05) is 6.07 Å². The molecule has 0 aliphatic heterocycles. The maximum Gasteiger partial charge on any atom is 0.281 e. The second kappa shape index (κ2) is 6.61. The molecule has 8 heteroatoms. The van der Waals surface area contributed by atoms with Gasteiger partial charge >= 0.3 is 0 Å². The van der Waals surface area contributed by atoms with Crippen molar-refractivity contribution in [3.63, 3.8) is 0 Å². The predicted octanol–water partition coefficient (Wildman–Crippen LogP) is 3.32. The quantitative estimate of drug-likeness (QED) is 0.718. The summed E-state index contributed by atoms with van der Waals surface area (Å²) in [5.41, 5.74) is 1.69. The van der Waals surface area contributed by atoms with Crippen molar-refractivity contribution in [1.82, 2.24) is 15.2 Å². The average molecular weight is 339 g/mol. The molecule has 3 rings (SSSR count). The van der Waals surface area contributed by atoms with E-state index in [1.807, 2.05) is 12.3 Å². The molecule has 0 aliphatic rings. The van der Waals surface area contributed by atoms with E-state index in [0.29, 0.717) is 33.6 Å². The normalized spacial score (nSPS) is 10.2. The molecular weight excluding hydrogens is 330 g/mol. The van der Waals surface area contributed by atoms with E-state index in [1.165, 1.54) is 0 Å². The molecule has 0 saturated carbocycles. The second-order valence-corrected chi connectivity index (χ2v) is 6.53. The molecular formula is C15H9N5OS2. The Labute approximate surface area is 140 Å². The SMILES string of the molecule is Cc1nc(Cc2nnc(Sc3c(C#N)cccc3C#N)o2)cs1. The number of hydrogen-bond acceptors (Lipinski definition) is 8. The van der Waals surface area contributed by atoms with Gasteiger partial charge in [0.2, 0.25) is 5.89 Å². The lowest BCUT2D eigenvalue weighted by molar-refractivity contribution is 0.419. The van der Waals surface area contributed by atoms with E-state index in [4.69, 9.17) is 4.42 Å². The Balaban J connectivity index is 1.83. The van der Waals surface area contributed by atoms with Crippen LogP contribution >= 0.6 is 23.1 Å². The van der Waals surface area contributed by atoms with Crippen molar-refractivity contribution in [2.45, 2.75) is 23.5 Å². The number of hydrogen-bond donors (Lipinski definition) is 0. The highest BCUT2D eigenvalue weighted by Gasteiger charge is 2.15. The van der Waals surface area contributed by atoms with Gasteiger partial charge < -0.3 is 4.42 Å². The molecule has 0 unspecified atom stereocenters. The summed E-state index contributed by atoms with van der Waals surface area (Å²) in [6, 6.07) is 9.11. The van der Waals surface area contributed by atoms with Crippen LogP contribution in [-0.2, 0) is 6.42 Å². The third-order valence-corrected chi connectivity index (χ3v) is 4.70. The highest BCUT2D eigenvalue weighted by molar-refractivity contribution is 7.99. The van der Waals surface area contributed by atoms with Crippen molar-refractivity contribution < 1.29 is 4.42 Å². The van der Waals surface area contributed by atoms with Crippen molar-refractivity contribution in [2.24, 2.45) is 0 Å². The fourth-order valence-electron chi connectivity index (χ4n) is 1.91. The van der Waals surface area contributed by atoms with E-state index in [0.717, 1.165) is 22.5 Å². The monoisotopic (exact) mass is 339 g/mol. The third kappa shape index (κ3) is 3.39. The van der Waals surface area contributed by atoms with Crippen molar-refractivity contribution >= 4 is 23.1 Å². The molecule has 23 heavy (non-hydrogen) atoms. The number of aromatic nitrogens is 3.